The quantitative estimate of drug-likeness (QED) is 0.346. The van der Waals surface area contributed by atoms with Crippen LogP contribution < -0.4 is 0 Å². The van der Waals surface area contributed by atoms with Crippen molar-refractivity contribution in [2.45, 2.75) is 86.0 Å². The number of allylic oxidation sites excluding steroid dienone is 2. The third-order valence-electron chi connectivity index (χ3n) is 3.58. The SMILES string of the molecule is CC(C)N(C(C)C)[P+](S)(CC=CCC#N)N(C(C)C)C(C)C. The van der Waals surface area contributed by atoms with Crippen LogP contribution in [0.3, 0.4) is 0 Å². The van der Waals surface area contributed by atoms with E-state index in [9.17, 15) is 0 Å². The molecule has 3 nitrogen and oxygen atoms in total. The lowest BCUT2D eigenvalue weighted by atomic mass is 10.3. The van der Waals surface area contributed by atoms with E-state index in [-0.39, 0.29) is 0 Å². The average molecular weight is 345 g/mol. The molecule has 0 amide bonds. The van der Waals surface area contributed by atoms with Gasteiger partial charge in [0.1, 0.15) is 6.16 Å². The van der Waals surface area contributed by atoms with Gasteiger partial charge in [0.05, 0.1) is 12.5 Å². The number of nitrogens with zero attached hydrogens (tertiary/aromatic N) is 3. The zero-order valence-corrected chi connectivity index (χ0v) is 17.4. The second-order valence-electron chi connectivity index (χ2n) is 6.84. The van der Waals surface area contributed by atoms with Crippen molar-refractivity contribution in [2.24, 2.45) is 0 Å². The number of rotatable bonds is 9. The van der Waals surface area contributed by atoms with E-state index in [2.05, 4.69) is 76.9 Å². The molecule has 0 spiro atoms. The van der Waals surface area contributed by atoms with Crippen LogP contribution in [0.1, 0.15) is 61.8 Å². The lowest BCUT2D eigenvalue weighted by molar-refractivity contribution is 0.254. The van der Waals surface area contributed by atoms with Crippen molar-refractivity contribution in [3.63, 3.8) is 0 Å². The maximum atomic E-state index is 8.73. The summed E-state index contributed by atoms with van der Waals surface area (Å²) in [5.74, 6) is 0. The minimum atomic E-state index is -1.79. The normalized spacial score (nSPS) is 13.5. The van der Waals surface area contributed by atoms with Crippen LogP contribution in [0.4, 0.5) is 0 Å². The molecule has 0 aromatic rings. The zero-order valence-electron chi connectivity index (χ0n) is 15.6. The summed E-state index contributed by atoms with van der Waals surface area (Å²) in [4.78, 5) is 0. The molecule has 0 unspecified atom stereocenters. The molecule has 0 aliphatic carbocycles. The molecule has 0 aromatic heterocycles. The van der Waals surface area contributed by atoms with Gasteiger partial charge in [-0.05, 0) is 61.5 Å². The van der Waals surface area contributed by atoms with Crippen molar-refractivity contribution in [1.82, 2.24) is 9.34 Å². The molecule has 0 atom stereocenters. The Hall–Kier alpha value is -0.0700. The Kier molecular flexibility index (Phi) is 9.90. The van der Waals surface area contributed by atoms with Crippen molar-refractivity contribution in [1.29, 1.82) is 5.26 Å². The molecule has 5 heteroatoms. The van der Waals surface area contributed by atoms with Gasteiger partial charge in [-0.2, -0.15) is 5.26 Å². The number of hydrogen-bond donors (Lipinski definition) is 1. The van der Waals surface area contributed by atoms with Gasteiger partial charge in [0, 0.05) is 36.4 Å². The summed E-state index contributed by atoms with van der Waals surface area (Å²) in [5, 5.41) is 8.73. The van der Waals surface area contributed by atoms with Gasteiger partial charge in [0.15, 0.2) is 0 Å². The van der Waals surface area contributed by atoms with Crippen LogP contribution in [0.25, 0.3) is 0 Å². The maximum absolute atomic E-state index is 8.73. The zero-order chi connectivity index (χ0) is 17.5. The second kappa shape index (κ2) is 9.93. The van der Waals surface area contributed by atoms with Crippen LogP contribution in [-0.4, -0.2) is 39.7 Å². The lowest BCUT2D eigenvalue weighted by Gasteiger charge is -2.46. The Bertz CT molecular complexity index is 350. The van der Waals surface area contributed by atoms with Crippen LogP contribution >= 0.6 is 19.0 Å². The molecule has 0 fully saturated rings. The van der Waals surface area contributed by atoms with Gasteiger partial charge in [-0.15, -0.1) is 9.34 Å². The Morgan fingerprint density at radius 3 is 1.50 bits per heavy atom. The van der Waals surface area contributed by atoms with E-state index < -0.39 is 6.77 Å². The molecule has 0 heterocycles. The first-order valence-corrected chi connectivity index (χ1v) is 11.3. The average Bonchev–Trinajstić information content (AvgIpc) is 2.32. The Morgan fingerprint density at radius 1 is 0.864 bits per heavy atom. The van der Waals surface area contributed by atoms with Crippen molar-refractivity contribution in [3.05, 3.63) is 12.2 Å². The highest BCUT2D eigenvalue weighted by molar-refractivity contribution is 8.51. The minimum absolute atomic E-state index is 0.440. The fourth-order valence-electron chi connectivity index (χ4n) is 3.33. The monoisotopic (exact) mass is 344 g/mol. The molecule has 0 radical (unpaired) electrons. The molecule has 0 aromatic carbocycles. The molecule has 0 saturated heterocycles. The fourth-order valence-corrected chi connectivity index (χ4v) is 10.1. The lowest BCUT2D eigenvalue weighted by Crippen LogP contribution is -2.47. The first kappa shape index (κ1) is 21.9. The maximum Gasteiger partial charge on any atom is 0.214 e. The summed E-state index contributed by atoms with van der Waals surface area (Å²) in [6.45, 7) is 16.2. The summed E-state index contributed by atoms with van der Waals surface area (Å²) in [7, 11) is 0. The largest absolute Gasteiger partial charge is 0.214 e. The van der Waals surface area contributed by atoms with E-state index in [0.717, 1.165) is 6.16 Å². The summed E-state index contributed by atoms with van der Waals surface area (Å²) >= 11 is 5.30. The molecular formula is C17H35N3PS+. The molecule has 0 bridgehead atoms. The third kappa shape index (κ3) is 5.85. The number of nitriles is 1. The number of thiol groups is 1. The van der Waals surface area contributed by atoms with Crippen molar-refractivity contribution in [3.8, 4) is 6.07 Å². The predicted octanol–water partition coefficient (Wildman–Crippen LogP) is 5.39. The minimum Gasteiger partial charge on any atom is -0.198 e. The number of hydrogen-bond acceptors (Lipinski definition) is 4. The van der Waals surface area contributed by atoms with Gasteiger partial charge in [0.25, 0.3) is 0 Å². The van der Waals surface area contributed by atoms with Gasteiger partial charge in [-0.3, -0.25) is 0 Å². The van der Waals surface area contributed by atoms with E-state index in [0.29, 0.717) is 30.6 Å². The van der Waals surface area contributed by atoms with E-state index in [1.807, 2.05) is 6.08 Å². The molecule has 22 heavy (non-hydrogen) atoms. The topological polar surface area (TPSA) is 30.3 Å². The molecule has 0 N–H and O–H groups in total. The Labute approximate surface area is 144 Å². The summed E-state index contributed by atoms with van der Waals surface area (Å²) in [6.07, 6.45) is 5.51. The predicted molar refractivity (Wildman–Crippen MR) is 104 cm³/mol. The second-order valence-corrected chi connectivity index (χ2v) is 11.4. The van der Waals surface area contributed by atoms with Crippen LogP contribution in [0.5, 0.6) is 0 Å². The molecule has 0 aliphatic rings. The van der Waals surface area contributed by atoms with E-state index in [4.69, 9.17) is 17.5 Å². The van der Waals surface area contributed by atoms with Gasteiger partial charge in [0.2, 0.25) is 6.77 Å². The highest BCUT2D eigenvalue weighted by Gasteiger charge is 2.51. The first-order valence-electron chi connectivity index (χ1n) is 8.29. The highest BCUT2D eigenvalue weighted by atomic mass is 32.7. The third-order valence-corrected chi connectivity index (χ3v) is 9.34. The highest BCUT2D eigenvalue weighted by Crippen LogP contribution is 2.71. The summed E-state index contributed by atoms with van der Waals surface area (Å²) in [5.41, 5.74) is 0. The van der Waals surface area contributed by atoms with Gasteiger partial charge in [-0.25, -0.2) is 0 Å². The Balaban J connectivity index is 5.76. The van der Waals surface area contributed by atoms with Gasteiger partial charge < -0.3 is 0 Å². The van der Waals surface area contributed by atoms with Crippen LogP contribution in [0.2, 0.25) is 0 Å². The van der Waals surface area contributed by atoms with Crippen LogP contribution in [-0.2, 0) is 0 Å². The standard InChI is InChI=1S/C17H35N3PS/c1-14(2)19(15(3)4)21(22,13-11-9-10-12-18)20(16(5)6)17(7)8/h9,11,14-17,22H,10,13H2,1-8H3/q+1. The molecular weight excluding hydrogens is 309 g/mol. The molecule has 0 saturated carbocycles. The fraction of sp³-hybridized carbons (Fsp3) is 0.824. The molecule has 128 valence electrons. The van der Waals surface area contributed by atoms with E-state index >= 15 is 0 Å². The first-order chi connectivity index (χ1) is 10.1. The van der Waals surface area contributed by atoms with Crippen molar-refractivity contribution in [2.75, 3.05) is 6.16 Å². The van der Waals surface area contributed by atoms with E-state index in [1.54, 1.807) is 0 Å². The van der Waals surface area contributed by atoms with Gasteiger partial charge in [-0.1, -0.05) is 6.08 Å². The summed E-state index contributed by atoms with van der Waals surface area (Å²) in [6, 6.07) is 3.94. The molecule has 0 rings (SSSR count). The van der Waals surface area contributed by atoms with Crippen LogP contribution in [0.15, 0.2) is 12.2 Å². The van der Waals surface area contributed by atoms with Crippen molar-refractivity contribution >= 4 is 19.0 Å². The summed E-state index contributed by atoms with van der Waals surface area (Å²) < 4.78 is 5.15. The van der Waals surface area contributed by atoms with Crippen LogP contribution in [0, 0.1) is 11.3 Å². The smallest absolute Gasteiger partial charge is 0.198 e. The van der Waals surface area contributed by atoms with E-state index in [1.165, 1.54) is 0 Å². The van der Waals surface area contributed by atoms with Gasteiger partial charge >= 0.3 is 0 Å². The Morgan fingerprint density at radius 2 is 1.23 bits per heavy atom. The molecule has 0 aliphatic heterocycles. The van der Waals surface area contributed by atoms with Crippen molar-refractivity contribution < 1.29 is 0 Å².